The smallest absolute Gasteiger partial charge is 0.356 e. The summed E-state index contributed by atoms with van der Waals surface area (Å²) < 4.78 is 1.77. The first-order valence-electron chi connectivity index (χ1n) is 6.13. The monoisotopic (exact) mass is 247 g/mol. The summed E-state index contributed by atoms with van der Waals surface area (Å²) in [5.74, 6) is -0.560. The van der Waals surface area contributed by atoms with Crippen LogP contribution in [0.2, 0.25) is 0 Å². The molecule has 2 aromatic rings. The maximum Gasteiger partial charge on any atom is 0.356 e. The Hall–Kier alpha value is -1.91. The molecule has 18 heavy (non-hydrogen) atoms. The van der Waals surface area contributed by atoms with Crippen LogP contribution in [-0.2, 0) is 6.42 Å². The zero-order chi connectivity index (χ0) is 13.3. The fourth-order valence-corrected chi connectivity index (χ4v) is 2.14. The fourth-order valence-electron chi connectivity index (χ4n) is 2.14. The number of hydrogen-bond acceptors (Lipinski definition) is 3. The molecule has 2 heterocycles. The minimum atomic E-state index is -1.02. The lowest BCUT2D eigenvalue weighted by molar-refractivity contribution is 0.0691. The van der Waals surface area contributed by atoms with Crippen LogP contribution in [0.3, 0.4) is 0 Å². The summed E-state index contributed by atoms with van der Waals surface area (Å²) in [6.07, 6.45) is 4.74. The Bertz CT molecular complexity index is 602. The molecule has 0 bridgehead atoms. The van der Waals surface area contributed by atoms with Crippen molar-refractivity contribution in [3.63, 3.8) is 0 Å². The van der Waals surface area contributed by atoms with Crippen molar-refractivity contribution in [2.45, 2.75) is 40.0 Å². The van der Waals surface area contributed by atoms with Gasteiger partial charge < -0.3 is 5.11 Å². The molecule has 0 aliphatic carbocycles. The molecule has 0 radical (unpaired) electrons. The van der Waals surface area contributed by atoms with Crippen LogP contribution < -0.4 is 0 Å². The quantitative estimate of drug-likeness (QED) is 0.900. The maximum absolute atomic E-state index is 10.9. The van der Waals surface area contributed by atoms with Gasteiger partial charge in [-0.1, -0.05) is 13.3 Å². The fraction of sp³-hybridized carbons (Fsp3) is 0.462. The normalized spacial score (nSPS) is 11.1. The number of hydrogen-bond donors (Lipinski definition) is 1. The van der Waals surface area contributed by atoms with E-state index in [0.717, 1.165) is 30.7 Å². The van der Waals surface area contributed by atoms with Gasteiger partial charge in [0, 0.05) is 17.6 Å². The lowest BCUT2D eigenvalue weighted by Gasteiger charge is -2.10. The first-order chi connectivity index (χ1) is 8.54. The van der Waals surface area contributed by atoms with Crippen molar-refractivity contribution in [3.8, 4) is 0 Å². The highest BCUT2D eigenvalue weighted by molar-refractivity contribution is 5.85. The highest BCUT2D eigenvalue weighted by atomic mass is 16.4. The van der Waals surface area contributed by atoms with Gasteiger partial charge in [-0.3, -0.25) is 4.40 Å². The minimum absolute atomic E-state index is 0.0395. The molecule has 0 aliphatic rings. The van der Waals surface area contributed by atoms with Crippen LogP contribution in [0.4, 0.5) is 0 Å². The predicted octanol–water partition coefficient (Wildman–Crippen LogP) is 2.39. The van der Waals surface area contributed by atoms with E-state index in [1.807, 2.05) is 13.8 Å². The second-order valence-corrected chi connectivity index (χ2v) is 4.47. The second kappa shape index (κ2) is 4.76. The van der Waals surface area contributed by atoms with Gasteiger partial charge in [-0.25, -0.2) is 14.8 Å². The Morgan fingerprint density at radius 2 is 2.11 bits per heavy atom. The topological polar surface area (TPSA) is 67.5 Å². The van der Waals surface area contributed by atoms with Gasteiger partial charge in [0.1, 0.15) is 0 Å². The molecule has 1 N–H and O–H groups in total. The third-order valence-corrected chi connectivity index (χ3v) is 3.19. The van der Waals surface area contributed by atoms with Crippen molar-refractivity contribution in [3.05, 3.63) is 28.8 Å². The molecular weight excluding hydrogens is 230 g/mol. The summed E-state index contributed by atoms with van der Waals surface area (Å²) in [7, 11) is 0. The largest absolute Gasteiger partial charge is 0.476 e. The number of carboxylic acids is 1. The standard InChI is InChI=1S/C13H17N3O2/c1-4-5-6-10-8(2)14-13-15-11(12(17)18)7-16(13)9(10)3/h7H,4-6H2,1-3H3,(H,17,18). The number of fused-ring (bicyclic) bond motifs is 1. The summed E-state index contributed by atoms with van der Waals surface area (Å²) in [5, 5.41) is 8.95. The molecule has 0 atom stereocenters. The highest BCUT2D eigenvalue weighted by Crippen LogP contribution is 2.17. The van der Waals surface area contributed by atoms with E-state index in [-0.39, 0.29) is 5.69 Å². The third-order valence-electron chi connectivity index (χ3n) is 3.19. The molecule has 0 fully saturated rings. The van der Waals surface area contributed by atoms with Crippen molar-refractivity contribution in [2.24, 2.45) is 0 Å². The molecule has 0 spiro atoms. The summed E-state index contributed by atoms with van der Waals surface area (Å²) in [6, 6.07) is 0. The van der Waals surface area contributed by atoms with Gasteiger partial charge in [-0.05, 0) is 32.3 Å². The molecular formula is C13H17N3O2. The molecule has 96 valence electrons. The zero-order valence-corrected chi connectivity index (χ0v) is 10.9. The average Bonchev–Trinajstić information content (AvgIpc) is 2.73. The Labute approximate surface area is 105 Å². The Balaban J connectivity index is 2.57. The summed E-state index contributed by atoms with van der Waals surface area (Å²) in [5.41, 5.74) is 3.21. The lowest BCUT2D eigenvalue weighted by atomic mass is 10.1. The molecule has 0 saturated heterocycles. The molecule has 5 heteroatoms. The first-order valence-corrected chi connectivity index (χ1v) is 6.13. The van der Waals surface area contributed by atoms with Gasteiger partial charge in [0.15, 0.2) is 5.69 Å². The van der Waals surface area contributed by atoms with E-state index in [4.69, 9.17) is 5.11 Å². The second-order valence-electron chi connectivity index (χ2n) is 4.47. The molecule has 0 unspecified atom stereocenters. The first kappa shape index (κ1) is 12.5. The van der Waals surface area contributed by atoms with Crippen LogP contribution in [0.25, 0.3) is 5.78 Å². The van der Waals surface area contributed by atoms with Gasteiger partial charge >= 0.3 is 5.97 Å². The number of unbranched alkanes of at least 4 members (excludes halogenated alkanes) is 1. The van der Waals surface area contributed by atoms with Crippen LogP contribution in [0.1, 0.15) is 47.2 Å². The average molecular weight is 247 g/mol. The molecule has 0 saturated carbocycles. The Morgan fingerprint density at radius 3 is 2.72 bits per heavy atom. The van der Waals surface area contributed by atoms with E-state index in [1.54, 1.807) is 4.40 Å². The number of imidazole rings is 1. The molecule has 0 amide bonds. The number of nitrogens with zero attached hydrogens (tertiary/aromatic N) is 3. The number of carbonyl (C=O) groups is 1. The predicted molar refractivity (Wildman–Crippen MR) is 68.0 cm³/mol. The van der Waals surface area contributed by atoms with Gasteiger partial charge in [-0.2, -0.15) is 0 Å². The maximum atomic E-state index is 10.9. The lowest BCUT2D eigenvalue weighted by Crippen LogP contribution is -2.04. The van der Waals surface area contributed by atoms with E-state index in [1.165, 1.54) is 11.8 Å². The molecule has 2 aromatic heterocycles. The van der Waals surface area contributed by atoms with E-state index in [2.05, 4.69) is 16.9 Å². The van der Waals surface area contributed by atoms with Crippen molar-refractivity contribution in [1.82, 2.24) is 14.4 Å². The van der Waals surface area contributed by atoms with Crippen LogP contribution in [0, 0.1) is 13.8 Å². The van der Waals surface area contributed by atoms with Crippen LogP contribution in [0.15, 0.2) is 6.20 Å². The highest BCUT2D eigenvalue weighted by Gasteiger charge is 2.14. The van der Waals surface area contributed by atoms with E-state index in [0.29, 0.717) is 5.78 Å². The van der Waals surface area contributed by atoms with Crippen molar-refractivity contribution >= 4 is 11.7 Å². The van der Waals surface area contributed by atoms with Crippen LogP contribution in [-0.4, -0.2) is 25.4 Å². The van der Waals surface area contributed by atoms with E-state index in [9.17, 15) is 4.79 Å². The number of aryl methyl sites for hydroxylation is 2. The Kier molecular flexibility index (Phi) is 3.32. The molecule has 2 rings (SSSR count). The van der Waals surface area contributed by atoms with Crippen molar-refractivity contribution < 1.29 is 9.90 Å². The molecule has 5 nitrogen and oxygen atoms in total. The van der Waals surface area contributed by atoms with Gasteiger partial charge in [0.25, 0.3) is 0 Å². The van der Waals surface area contributed by atoms with Crippen molar-refractivity contribution in [2.75, 3.05) is 0 Å². The number of aromatic carboxylic acids is 1. The van der Waals surface area contributed by atoms with Gasteiger partial charge in [0.05, 0.1) is 0 Å². The zero-order valence-electron chi connectivity index (χ0n) is 10.9. The summed E-state index contributed by atoms with van der Waals surface area (Å²) >= 11 is 0. The van der Waals surface area contributed by atoms with Crippen LogP contribution >= 0.6 is 0 Å². The molecule has 0 aliphatic heterocycles. The van der Waals surface area contributed by atoms with Crippen molar-refractivity contribution in [1.29, 1.82) is 0 Å². The number of aromatic nitrogens is 3. The summed E-state index contributed by atoms with van der Waals surface area (Å²) in [4.78, 5) is 19.3. The van der Waals surface area contributed by atoms with Gasteiger partial charge in [0.2, 0.25) is 5.78 Å². The summed E-state index contributed by atoms with van der Waals surface area (Å²) in [6.45, 7) is 6.09. The van der Waals surface area contributed by atoms with Crippen LogP contribution in [0.5, 0.6) is 0 Å². The third kappa shape index (κ3) is 2.08. The SMILES string of the molecule is CCCCc1c(C)nc2nc(C(=O)O)cn2c1C. The van der Waals surface area contributed by atoms with E-state index >= 15 is 0 Å². The number of carboxylic acid groups (broad SMARTS) is 1. The Morgan fingerprint density at radius 1 is 1.39 bits per heavy atom. The van der Waals surface area contributed by atoms with Gasteiger partial charge in [-0.15, -0.1) is 0 Å². The molecule has 0 aromatic carbocycles. The minimum Gasteiger partial charge on any atom is -0.476 e. The number of rotatable bonds is 4. The van der Waals surface area contributed by atoms with E-state index < -0.39 is 5.97 Å².